The van der Waals surface area contributed by atoms with Gasteiger partial charge in [0.1, 0.15) is 5.82 Å². The molecule has 0 aliphatic heterocycles. The van der Waals surface area contributed by atoms with Crippen molar-refractivity contribution in [1.82, 2.24) is 0 Å². The maximum atomic E-state index is 15.7. The van der Waals surface area contributed by atoms with E-state index in [9.17, 15) is 50.0 Å². The lowest BCUT2D eigenvalue weighted by Gasteiger charge is -2.19. The molecule has 0 aromatic heterocycles. The predicted molar refractivity (Wildman–Crippen MR) is 134 cm³/mol. The summed E-state index contributed by atoms with van der Waals surface area (Å²) in [5.41, 5.74) is -11.7. The van der Waals surface area contributed by atoms with Crippen molar-refractivity contribution in [3.8, 4) is 48.0 Å². The lowest BCUT2D eigenvalue weighted by atomic mass is 9.88. The van der Waals surface area contributed by atoms with Gasteiger partial charge in [0.25, 0.3) is 0 Å². The smallest absolute Gasteiger partial charge is 0.206 e. The number of nitriles is 4. The zero-order valence-electron chi connectivity index (χ0n) is 21.9. The molecule has 224 valence electrons. The van der Waals surface area contributed by atoms with Crippen molar-refractivity contribution >= 4 is 0 Å². The van der Waals surface area contributed by atoms with E-state index >= 15 is 4.39 Å². The van der Waals surface area contributed by atoms with Crippen molar-refractivity contribution in [2.45, 2.75) is 31.4 Å². The first-order valence-corrected chi connectivity index (χ1v) is 11.9. The molecule has 0 unspecified atom stereocenters. The average molecular weight is 628 g/mol. The van der Waals surface area contributed by atoms with E-state index in [4.69, 9.17) is 10.5 Å². The Kier molecular flexibility index (Phi) is 9.49. The van der Waals surface area contributed by atoms with Gasteiger partial charge in [-0.05, 0) is 36.4 Å². The molecule has 0 N–H and O–H groups in total. The summed E-state index contributed by atoms with van der Waals surface area (Å²) in [5.74, 6) is 6.49. The van der Waals surface area contributed by atoms with Crippen LogP contribution >= 0.6 is 0 Å². The molecule has 3 aromatic carbocycles. The first-order chi connectivity index (χ1) is 21.0. The summed E-state index contributed by atoms with van der Waals surface area (Å²) in [6, 6.07) is 9.51. The SMILES string of the molecule is N#CCc1c(F)c(CC#N)c(C#Cc2ccc(C#N)c(C(F)(F)F)c2)c(C(F)(F)F)c1C#Cc1ccc(C#N)c(C(F)(F)F)c1. The Morgan fingerprint density at radius 1 is 0.533 bits per heavy atom. The molecule has 0 saturated carbocycles. The fourth-order valence-corrected chi connectivity index (χ4v) is 4.06. The van der Waals surface area contributed by atoms with E-state index in [2.05, 4.69) is 0 Å². The highest BCUT2D eigenvalue weighted by Gasteiger charge is 2.40. The van der Waals surface area contributed by atoms with Crippen LogP contribution in [0, 0.1) is 74.8 Å². The summed E-state index contributed by atoms with van der Waals surface area (Å²) in [6.45, 7) is 0. The van der Waals surface area contributed by atoms with E-state index < -0.39 is 98.4 Å². The van der Waals surface area contributed by atoms with E-state index in [-0.39, 0.29) is 0 Å². The Morgan fingerprint density at radius 2 is 0.911 bits per heavy atom. The van der Waals surface area contributed by atoms with Crippen LogP contribution in [0.2, 0.25) is 0 Å². The summed E-state index contributed by atoms with van der Waals surface area (Å²) in [4.78, 5) is 0. The highest BCUT2D eigenvalue weighted by molar-refractivity contribution is 5.64. The Bertz CT molecular complexity index is 1850. The van der Waals surface area contributed by atoms with Crippen LogP contribution in [0.3, 0.4) is 0 Å². The Morgan fingerprint density at radius 3 is 1.20 bits per heavy atom. The minimum atomic E-state index is -5.44. The highest BCUT2D eigenvalue weighted by atomic mass is 19.4. The molecule has 0 fully saturated rings. The number of hydrogen-bond donors (Lipinski definition) is 0. The Hall–Kier alpha value is -5.96. The molecule has 0 amide bonds. The minimum absolute atomic E-state index is 0.382. The Balaban J connectivity index is 2.44. The largest absolute Gasteiger partial charge is 0.418 e. The van der Waals surface area contributed by atoms with Crippen molar-refractivity contribution in [3.05, 3.63) is 103 Å². The van der Waals surface area contributed by atoms with Crippen LogP contribution in [0.1, 0.15) is 61.2 Å². The lowest BCUT2D eigenvalue weighted by molar-refractivity contribution is -0.138. The summed E-state index contributed by atoms with van der Waals surface area (Å²) in [7, 11) is 0. The van der Waals surface area contributed by atoms with Gasteiger partial charge in [-0.1, -0.05) is 23.7 Å². The zero-order valence-corrected chi connectivity index (χ0v) is 21.9. The van der Waals surface area contributed by atoms with E-state index in [0.717, 1.165) is 12.1 Å². The highest BCUT2D eigenvalue weighted by Crippen LogP contribution is 2.40. The number of halogens is 10. The van der Waals surface area contributed by atoms with Crippen molar-refractivity contribution < 1.29 is 43.9 Å². The van der Waals surface area contributed by atoms with Crippen LogP contribution in [0.4, 0.5) is 43.9 Å². The molecule has 4 nitrogen and oxygen atoms in total. The number of hydrogen-bond acceptors (Lipinski definition) is 4. The lowest BCUT2D eigenvalue weighted by Crippen LogP contribution is -2.17. The van der Waals surface area contributed by atoms with Crippen LogP contribution < -0.4 is 0 Å². The zero-order chi connectivity index (χ0) is 33.7. The first-order valence-electron chi connectivity index (χ1n) is 11.9. The number of rotatable bonds is 2. The Labute approximate surface area is 248 Å². The van der Waals surface area contributed by atoms with Gasteiger partial charge in [-0.25, -0.2) is 4.39 Å². The third-order valence-corrected chi connectivity index (χ3v) is 5.98. The maximum absolute atomic E-state index is 15.7. The normalized spacial score (nSPS) is 11.1. The average Bonchev–Trinajstić information content (AvgIpc) is 2.96. The van der Waals surface area contributed by atoms with Gasteiger partial charge < -0.3 is 0 Å². The fourth-order valence-electron chi connectivity index (χ4n) is 4.06. The van der Waals surface area contributed by atoms with Crippen LogP contribution in [0.25, 0.3) is 0 Å². The van der Waals surface area contributed by atoms with E-state index in [1.54, 1.807) is 0 Å². The molecule has 0 spiro atoms. The molecular formula is C31H10F10N4. The van der Waals surface area contributed by atoms with Crippen LogP contribution in [0.5, 0.6) is 0 Å². The molecule has 0 atom stereocenters. The number of alkyl halides is 9. The van der Waals surface area contributed by atoms with Gasteiger partial charge in [-0.15, -0.1) is 0 Å². The summed E-state index contributed by atoms with van der Waals surface area (Å²) in [6.07, 6.45) is -17.6. The predicted octanol–water partition coefficient (Wildman–Crippen LogP) is 7.56. The second kappa shape index (κ2) is 12.7. The van der Waals surface area contributed by atoms with Crippen molar-refractivity contribution in [1.29, 1.82) is 21.0 Å². The molecular weight excluding hydrogens is 618 g/mol. The third kappa shape index (κ3) is 7.34. The van der Waals surface area contributed by atoms with Crippen molar-refractivity contribution in [3.63, 3.8) is 0 Å². The molecule has 0 aliphatic rings. The second-order valence-corrected chi connectivity index (χ2v) is 8.80. The molecule has 0 heterocycles. The van der Waals surface area contributed by atoms with E-state index in [1.807, 2.05) is 23.7 Å². The molecule has 3 rings (SSSR count). The molecule has 0 radical (unpaired) electrons. The quantitative estimate of drug-likeness (QED) is 0.216. The number of nitrogens with zero attached hydrogens (tertiary/aromatic N) is 4. The molecule has 0 aliphatic carbocycles. The van der Waals surface area contributed by atoms with Crippen molar-refractivity contribution in [2.75, 3.05) is 0 Å². The summed E-state index contributed by atoms with van der Waals surface area (Å²) >= 11 is 0. The van der Waals surface area contributed by atoms with Gasteiger partial charge in [-0.2, -0.15) is 60.6 Å². The topological polar surface area (TPSA) is 95.2 Å². The van der Waals surface area contributed by atoms with E-state index in [1.165, 1.54) is 24.3 Å². The van der Waals surface area contributed by atoms with Gasteiger partial charge in [0, 0.05) is 33.4 Å². The van der Waals surface area contributed by atoms with Gasteiger partial charge in [0.05, 0.1) is 64.9 Å². The summed E-state index contributed by atoms with van der Waals surface area (Å²) < 4.78 is 140. The van der Waals surface area contributed by atoms with E-state index in [0.29, 0.717) is 24.3 Å². The standard InChI is InChI=1S/C31H10F10N4/c32-28-23(9-11-42)21(7-3-17-1-5-19(15-44)25(13-17)29(33,34)35)27(31(39,40)41)22(24(28)10-12-43)8-4-18-2-6-20(16-45)26(14-18)30(36,37)38/h1-2,5-6,13-14H,9-10H2. The maximum Gasteiger partial charge on any atom is 0.418 e. The third-order valence-electron chi connectivity index (χ3n) is 5.98. The minimum Gasteiger partial charge on any atom is -0.206 e. The van der Waals surface area contributed by atoms with Gasteiger partial charge >= 0.3 is 18.5 Å². The molecule has 3 aromatic rings. The molecule has 14 heteroatoms. The molecule has 0 saturated heterocycles. The monoisotopic (exact) mass is 628 g/mol. The van der Waals surface area contributed by atoms with Crippen molar-refractivity contribution in [2.24, 2.45) is 0 Å². The molecule has 45 heavy (non-hydrogen) atoms. The number of benzene rings is 3. The van der Waals surface area contributed by atoms with Crippen LogP contribution in [0.15, 0.2) is 36.4 Å². The van der Waals surface area contributed by atoms with Gasteiger partial charge in [-0.3, -0.25) is 0 Å². The van der Waals surface area contributed by atoms with Crippen LogP contribution in [-0.2, 0) is 31.4 Å². The fraction of sp³-hybridized carbons (Fsp3) is 0.161. The van der Waals surface area contributed by atoms with Gasteiger partial charge in [0.2, 0.25) is 0 Å². The molecule has 0 bridgehead atoms. The first kappa shape index (κ1) is 33.5. The van der Waals surface area contributed by atoms with Crippen LogP contribution in [-0.4, -0.2) is 0 Å². The second-order valence-electron chi connectivity index (χ2n) is 8.80. The summed E-state index contributed by atoms with van der Waals surface area (Å²) in [5, 5.41) is 36.3. The van der Waals surface area contributed by atoms with Gasteiger partial charge in [0.15, 0.2) is 0 Å².